The Morgan fingerprint density at radius 2 is 1.85 bits per heavy atom. The SMILES string of the molecule is O=C(O)[C@@]1(Cc2ccccc2)CCN(Cc2cncnc2)C[C@H]1O.O=CO. The molecular formula is C19H23N3O5. The van der Waals surface area contributed by atoms with Gasteiger partial charge >= 0.3 is 5.97 Å². The second-order valence-electron chi connectivity index (χ2n) is 6.48. The number of aromatic nitrogens is 2. The molecule has 2 aromatic rings. The number of aliphatic hydroxyl groups excluding tert-OH is 1. The molecule has 8 heteroatoms. The Kier molecular flexibility index (Phi) is 7.39. The molecule has 1 aromatic heterocycles. The summed E-state index contributed by atoms with van der Waals surface area (Å²) in [5.74, 6) is -0.929. The number of rotatable bonds is 5. The second kappa shape index (κ2) is 9.75. The van der Waals surface area contributed by atoms with E-state index in [-0.39, 0.29) is 6.47 Å². The molecular weight excluding hydrogens is 350 g/mol. The molecule has 0 unspecified atom stereocenters. The van der Waals surface area contributed by atoms with Gasteiger partial charge in [-0.2, -0.15) is 0 Å². The maximum Gasteiger partial charge on any atom is 0.312 e. The summed E-state index contributed by atoms with van der Waals surface area (Å²) in [6.45, 7) is 1.30. The zero-order chi connectivity index (χ0) is 19.7. The van der Waals surface area contributed by atoms with Crippen molar-refractivity contribution in [2.75, 3.05) is 13.1 Å². The summed E-state index contributed by atoms with van der Waals surface area (Å²) in [7, 11) is 0. The molecule has 2 heterocycles. The summed E-state index contributed by atoms with van der Waals surface area (Å²) < 4.78 is 0. The van der Waals surface area contributed by atoms with E-state index in [1.54, 1.807) is 12.4 Å². The van der Waals surface area contributed by atoms with Gasteiger partial charge in [0.2, 0.25) is 0 Å². The molecule has 27 heavy (non-hydrogen) atoms. The molecule has 1 aromatic carbocycles. The van der Waals surface area contributed by atoms with Crippen LogP contribution in [0.3, 0.4) is 0 Å². The van der Waals surface area contributed by atoms with Gasteiger partial charge in [0.1, 0.15) is 11.7 Å². The van der Waals surface area contributed by atoms with Crippen molar-refractivity contribution in [1.29, 1.82) is 0 Å². The summed E-state index contributed by atoms with van der Waals surface area (Å²) in [6.07, 6.45) is 4.78. The number of aliphatic hydroxyl groups is 1. The van der Waals surface area contributed by atoms with Crippen LogP contribution in [-0.4, -0.2) is 61.8 Å². The molecule has 0 radical (unpaired) electrons. The molecule has 0 aliphatic carbocycles. The summed E-state index contributed by atoms with van der Waals surface area (Å²) in [5, 5.41) is 27.3. The standard InChI is InChI=1S/C18H21N3O3.CH2O2/c22-16-12-21(11-15-9-19-13-20-10-15)7-6-18(16,17(23)24)8-14-4-2-1-3-5-14;2-1-3/h1-5,9-10,13,16,22H,6-8,11-12H2,(H,23,24);1H,(H,2,3)/t16-,18-;/m1./s1. The summed E-state index contributed by atoms with van der Waals surface area (Å²) in [5.41, 5.74) is 0.754. The lowest BCUT2D eigenvalue weighted by Gasteiger charge is -2.42. The number of piperidine rings is 1. The Balaban J connectivity index is 0.000000817. The number of nitrogens with zero attached hydrogens (tertiary/aromatic N) is 3. The second-order valence-corrected chi connectivity index (χ2v) is 6.48. The van der Waals surface area contributed by atoms with Crippen LogP contribution in [0.4, 0.5) is 0 Å². The Morgan fingerprint density at radius 3 is 2.41 bits per heavy atom. The number of aliphatic carboxylic acids is 1. The lowest BCUT2D eigenvalue weighted by atomic mass is 9.71. The molecule has 8 nitrogen and oxygen atoms in total. The highest BCUT2D eigenvalue weighted by Crippen LogP contribution is 2.36. The van der Waals surface area contributed by atoms with Gasteiger partial charge in [0.25, 0.3) is 6.47 Å². The fraction of sp³-hybridized carbons (Fsp3) is 0.368. The predicted octanol–water partition coefficient (Wildman–Crippen LogP) is 1.06. The van der Waals surface area contributed by atoms with Crippen molar-refractivity contribution in [2.45, 2.75) is 25.5 Å². The number of likely N-dealkylation sites (tertiary alicyclic amines) is 1. The van der Waals surface area contributed by atoms with Crippen molar-refractivity contribution >= 4 is 12.4 Å². The predicted molar refractivity (Wildman–Crippen MR) is 96.8 cm³/mol. The average Bonchev–Trinajstić information content (AvgIpc) is 2.66. The minimum absolute atomic E-state index is 0.250. The van der Waals surface area contributed by atoms with Gasteiger partial charge < -0.3 is 15.3 Å². The van der Waals surface area contributed by atoms with Crippen LogP contribution in [0.5, 0.6) is 0 Å². The highest BCUT2D eigenvalue weighted by molar-refractivity contribution is 5.76. The van der Waals surface area contributed by atoms with Gasteiger partial charge in [-0.25, -0.2) is 9.97 Å². The maximum atomic E-state index is 12.0. The van der Waals surface area contributed by atoms with Crippen LogP contribution in [0.2, 0.25) is 0 Å². The molecule has 0 spiro atoms. The number of β-amino-alcohol motifs (C(OH)–C–C–N with tert-alkyl or cyclic N) is 1. The maximum absolute atomic E-state index is 12.0. The highest BCUT2D eigenvalue weighted by Gasteiger charge is 2.48. The zero-order valence-electron chi connectivity index (χ0n) is 14.8. The third kappa shape index (κ3) is 5.32. The molecule has 0 bridgehead atoms. The third-order valence-electron chi connectivity index (χ3n) is 4.75. The summed E-state index contributed by atoms with van der Waals surface area (Å²) in [6, 6.07) is 9.50. The first kappa shape index (κ1) is 20.5. The molecule has 3 rings (SSSR count). The van der Waals surface area contributed by atoms with E-state index in [2.05, 4.69) is 14.9 Å². The third-order valence-corrected chi connectivity index (χ3v) is 4.75. The number of carbonyl (C=O) groups is 2. The summed E-state index contributed by atoms with van der Waals surface area (Å²) in [4.78, 5) is 30.3. The Morgan fingerprint density at radius 1 is 1.22 bits per heavy atom. The minimum atomic E-state index is -1.13. The number of hydrogen-bond acceptors (Lipinski definition) is 6. The van der Waals surface area contributed by atoms with Crippen molar-refractivity contribution in [3.8, 4) is 0 Å². The van der Waals surface area contributed by atoms with E-state index in [1.807, 2.05) is 30.3 Å². The van der Waals surface area contributed by atoms with E-state index in [9.17, 15) is 15.0 Å². The van der Waals surface area contributed by atoms with Gasteiger partial charge in [-0.3, -0.25) is 14.5 Å². The first-order valence-electron chi connectivity index (χ1n) is 8.51. The van der Waals surface area contributed by atoms with Crippen LogP contribution in [0, 0.1) is 5.41 Å². The Hall–Kier alpha value is -2.84. The van der Waals surface area contributed by atoms with Crippen LogP contribution in [0.15, 0.2) is 49.1 Å². The smallest absolute Gasteiger partial charge is 0.312 e. The van der Waals surface area contributed by atoms with Crippen molar-refractivity contribution < 1.29 is 24.9 Å². The molecule has 1 fully saturated rings. The first-order valence-corrected chi connectivity index (χ1v) is 8.51. The number of hydrogen-bond donors (Lipinski definition) is 3. The van der Waals surface area contributed by atoms with Crippen LogP contribution in [0.25, 0.3) is 0 Å². The van der Waals surface area contributed by atoms with Crippen LogP contribution < -0.4 is 0 Å². The molecule has 1 aliphatic heterocycles. The van der Waals surface area contributed by atoms with Crippen molar-refractivity contribution in [3.05, 3.63) is 60.2 Å². The zero-order valence-corrected chi connectivity index (χ0v) is 14.8. The van der Waals surface area contributed by atoms with E-state index >= 15 is 0 Å². The topological polar surface area (TPSA) is 124 Å². The van der Waals surface area contributed by atoms with Crippen LogP contribution in [0.1, 0.15) is 17.5 Å². The van der Waals surface area contributed by atoms with Crippen LogP contribution in [-0.2, 0) is 22.6 Å². The lowest BCUT2D eigenvalue weighted by molar-refractivity contribution is -0.163. The Bertz CT molecular complexity index is 729. The fourth-order valence-corrected chi connectivity index (χ4v) is 3.34. The van der Waals surface area contributed by atoms with Gasteiger partial charge in [-0.1, -0.05) is 30.3 Å². The largest absolute Gasteiger partial charge is 0.483 e. The Labute approximate surface area is 157 Å². The van der Waals surface area contributed by atoms with Crippen LogP contribution >= 0.6 is 0 Å². The lowest BCUT2D eigenvalue weighted by Crippen LogP contribution is -2.55. The normalized spacial score (nSPS) is 22.3. The quantitative estimate of drug-likeness (QED) is 0.665. The van der Waals surface area contributed by atoms with E-state index in [4.69, 9.17) is 9.90 Å². The number of benzene rings is 1. The van der Waals surface area contributed by atoms with Gasteiger partial charge in [0, 0.05) is 31.0 Å². The van der Waals surface area contributed by atoms with E-state index in [0.29, 0.717) is 32.5 Å². The molecule has 0 saturated carbocycles. The minimum Gasteiger partial charge on any atom is -0.483 e. The first-order chi connectivity index (χ1) is 13.0. The molecule has 3 N–H and O–H groups in total. The molecule has 2 atom stereocenters. The van der Waals surface area contributed by atoms with Crippen molar-refractivity contribution in [2.24, 2.45) is 5.41 Å². The van der Waals surface area contributed by atoms with E-state index in [0.717, 1.165) is 11.1 Å². The molecule has 144 valence electrons. The number of carboxylic acid groups (broad SMARTS) is 2. The van der Waals surface area contributed by atoms with Gasteiger partial charge in [0.15, 0.2) is 0 Å². The van der Waals surface area contributed by atoms with Gasteiger partial charge in [0.05, 0.1) is 6.10 Å². The van der Waals surface area contributed by atoms with E-state index < -0.39 is 17.5 Å². The van der Waals surface area contributed by atoms with Crippen molar-refractivity contribution in [1.82, 2.24) is 14.9 Å². The fourth-order valence-electron chi connectivity index (χ4n) is 3.34. The monoisotopic (exact) mass is 373 g/mol. The van der Waals surface area contributed by atoms with Gasteiger partial charge in [-0.15, -0.1) is 0 Å². The number of carboxylic acids is 1. The van der Waals surface area contributed by atoms with E-state index in [1.165, 1.54) is 6.33 Å². The van der Waals surface area contributed by atoms with Gasteiger partial charge in [-0.05, 0) is 24.9 Å². The highest BCUT2D eigenvalue weighted by atomic mass is 16.4. The van der Waals surface area contributed by atoms with Crippen molar-refractivity contribution in [3.63, 3.8) is 0 Å². The molecule has 1 aliphatic rings. The summed E-state index contributed by atoms with van der Waals surface area (Å²) >= 11 is 0. The molecule has 1 saturated heterocycles. The average molecular weight is 373 g/mol. The molecule has 0 amide bonds.